The summed E-state index contributed by atoms with van der Waals surface area (Å²) >= 11 is 0. The van der Waals surface area contributed by atoms with Gasteiger partial charge in [-0.15, -0.1) is 0 Å². The fourth-order valence-electron chi connectivity index (χ4n) is 1.99. The number of aryl methyl sites for hydroxylation is 2. The Balaban J connectivity index is 2.80. The molecule has 0 heterocycles. The first-order valence-electron chi connectivity index (χ1n) is 6.39. The van der Waals surface area contributed by atoms with E-state index in [4.69, 9.17) is 4.74 Å². The van der Waals surface area contributed by atoms with E-state index in [9.17, 15) is 17.6 Å². The Morgan fingerprint density at radius 2 is 1.75 bits per heavy atom. The molecule has 0 aromatic heterocycles. The Hall–Kier alpha value is -1.14. The molecule has 1 aromatic rings. The van der Waals surface area contributed by atoms with Crippen molar-refractivity contribution in [3.63, 3.8) is 0 Å². The van der Waals surface area contributed by atoms with E-state index in [1.165, 1.54) is 0 Å². The lowest BCUT2D eigenvalue weighted by Crippen LogP contribution is -2.28. The number of ether oxygens (including phenoxy) is 1. The van der Waals surface area contributed by atoms with Gasteiger partial charge in [-0.1, -0.05) is 19.1 Å². The van der Waals surface area contributed by atoms with Crippen LogP contribution in [-0.2, 0) is 4.74 Å². The highest BCUT2D eigenvalue weighted by molar-refractivity contribution is 5.32. The van der Waals surface area contributed by atoms with Crippen molar-refractivity contribution in [1.29, 1.82) is 0 Å². The SMILES string of the molecule is CCNC(COCC(F)(F)F)c1cc(C)c(F)c(C)c1. The zero-order valence-corrected chi connectivity index (χ0v) is 11.8. The Labute approximate surface area is 116 Å². The number of benzene rings is 1. The van der Waals surface area contributed by atoms with Gasteiger partial charge in [0.25, 0.3) is 0 Å². The van der Waals surface area contributed by atoms with Crippen molar-refractivity contribution in [1.82, 2.24) is 5.32 Å². The second kappa shape index (κ2) is 7.04. The minimum atomic E-state index is -4.34. The van der Waals surface area contributed by atoms with Gasteiger partial charge in [0, 0.05) is 0 Å². The predicted octanol–water partition coefficient (Wildman–Crippen LogP) is 3.67. The summed E-state index contributed by atoms with van der Waals surface area (Å²) in [6, 6.07) is 2.87. The lowest BCUT2D eigenvalue weighted by molar-refractivity contribution is -0.175. The number of halogens is 4. The largest absolute Gasteiger partial charge is 0.411 e. The van der Waals surface area contributed by atoms with Gasteiger partial charge >= 0.3 is 6.18 Å². The van der Waals surface area contributed by atoms with E-state index in [1.54, 1.807) is 26.0 Å². The molecule has 20 heavy (non-hydrogen) atoms. The van der Waals surface area contributed by atoms with Gasteiger partial charge < -0.3 is 10.1 Å². The van der Waals surface area contributed by atoms with E-state index < -0.39 is 12.8 Å². The molecule has 1 rings (SSSR count). The lowest BCUT2D eigenvalue weighted by Gasteiger charge is -2.20. The first-order chi connectivity index (χ1) is 9.24. The average Bonchev–Trinajstić information content (AvgIpc) is 2.33. The number of hydrogen-bond acceptors (Lipinski definition) is 2. The molecule has 0 spiro atoms. The van der Waals surface area contributed by atoms with Gasteiger partial charge in [-0.2, -0.15) is 13.2 Å². The van der Waals surface area contributed by atoms with Crippen molar-refractivity contribution in [3.8, 4) is 0 Å². The summed E-state index contributed by atoms with van der Waals surface area (Å²) in [6.07, 6.45) is -4.34. The van der Waals surface area contributed by atoms with E-state index in [1.807, 2.05) is 6.92 Å². The quantitative estimate of drug-likeness (QED) is 0.808. The van der Waals surface area contributed by atoms with Crippen LogP contribution >= 0.6 is 0 Å². The molecule has 1 aromatic carbocycles. The van der Waals surface area contributed by atoms with E-state index in [0.717, 1.165) is 5.56 Å². The number of hydrogen-bond donors (Lipinski definition) is 1. The van der Waals surface area contributed by atoms with Crippen molar-refractivity contribution < 1.29 is 22.3 Å². The highest BCUT2D eigenvalue weighted by Gasteiger charge is 2.28. The maximum Gasteiger partial charge on any atom is 0.411 e. The Kier molecular flexibility index (Phi) is 5.95. The molecule has 0 aliphatic carbocycles. The van der Waals surface area contributed by atoms with Crippen molar-refractivity contribution in [2.24, 2.45) is 0 Å². The third-order valence-corrected chi connectivity index (χ3v) is 2.86. The molecular weight excluding hydrogens is 274 g/mol. The van der Waals surface area contributed by atoms with Crippen LogP contribution in [0.5, 0.6) is 0 Å². The van der Waals surface area contributed by atoms with Crippen LogP contribution in [-0.4, -0.2) is 25.9 Å². The van der Waals surface area contributed by atoms with E-state index >= 15 is 0 Å². The van der Waals surface area contributed by atoms with Crippen molar-refractivity contribution >= 4 is 0 Å². The van der Waals surface area contributed by atoms with Crippen LogP contribution in [0.1, 0.15) is 29.7 Å². The fourth-order valence-corrected chi connectivity index (χ4v) is 1.99. The summed E-state index contributed by atoms with van der Waals surface area (Å²) in [7, 11) is 0. The number of alkyl halides is 3. The lowest BCUT2D eigenvalue weighted by atomic mass is 10.0. The van der Waals surface area contributed by atoms with Crippen LogP contribution in [0.25, 0.3) is 0 Å². The molecule has 0 saturated heterocycles. The molecule has 6 heteroatoms. The van der Waals surface area contributed by atoms with E-state index in [2.05, 4.69) is 5.32 Å². The second-order valence-electron chi connectivity index (χ2n) is 4.71. The van der Waals surface area contributed by atoms with Crippen LogP contribution in [0.15, 0.2) is 12.1 Å². The number of nitrogens with one attached hydrogen (secondary N) is 1. The Bertz CT molecular complexity index is 422. The maximum absolute atomic E-state index is 13.6. The van der Waals surface area contributed by atoms with Crippen LogP contribution < -0.4 is 5.32 Å². The monoisotopic (exact) mass is 293 g/mol. The van der Waals surface area contributed by atoms with Gasteiger partial charge in [0.15, 0.2) is 0 Å². The normalized spacial score (nSPS) is 13.6. The first kappa shape index (κ1) is 16.9. The van der Waals surface area contributed by atoms with E-state index in [-0.39, 0.29) is 18.5 Å². The van der Waals surface area contributed by atoms with Crippen molar-refractivity contribution in [3.05, 3.63) is 34.6 Å². The Morgan fingerprint density at radius 1 is 1.20 bits per heavy atom. The van der Waals surface area contributed by atoms with Crippen molar-refractivity contribution in [2.45, 2.75) is 33.0 Å². The molecule has 1 atom stereocenters. The minimum Gasteiger partial charge on any atom is -0.370 e. The third kappa shape index (κ3) is 5.09. The number of rotatable bonds is 6. The van der Waals surface area contributed by atoms with Gasteiger partial charge in [-0.3, -0.25) is 0 Å². The second-order valence-corrected chi connectivity index (χ2v) is 4.71. The Morgan fingerprint density at radius 3 is 2.20 bits per heavy atom. The highest BCUT2D eigenvalue weighted by Crippen LogP contribution is 2.22. The van der Waals surface area contributed by atoms with Crippen LogP contribution in [0.4, 0.5) is 17.6 Å². The van der Waals surface area contributed by atoms with Crippen LogP contribution in [0, 0.1) is 19.7 Å². The van der Waals surface area contributed by atoms with Crippen LogP contribution in [0.3, 0.4) is 0 Å². The molecule has 1 unspecified atom stereocenters. The number of likely N-dealkylation sites (N-methyl/N-ethyl adjacent to an activating group) is 1. The third-order valence-electron chi connectivity index (χ3n) is 2.86. The maximum atomic E-state index is 13.6. The summed E-state index contributed by atoms with van der Waals surface area (Å²) in [5.74, 6) is -0.291. The van der Waals surface area contributed by atoms with E-state index in [0.29, 0.717) is 17.7 Å². The molecule has 0 saturated carbocycles. The minimum absolute atomic E-state index is 0.113. The smallest absolute Gasteiger partial charge is 0.370 e. The molecule has 2 nitrogen and oxygen atoms in total. The predicted molar refractivity (Wildman–Crippen MR) is 69.2 cm³/mol. The molecule has 0 amide bonds. The summed E-state index contributed by atoms with van der Waals surface area (Å²) in [5.41, 5.74) is 1.67. The molecule has 0 radical (unpaired) electrons. The molecule has 114 valence electrons. The highest BCUT2D eigenvalue weighted by atomic mass is 19.4. The molecule has 0 bridgehead atoms. The fraction of sp³-hybridized carbons (Fsp3) is 0.571. The molecule has 0 aliphatic heterocycles. The van der Waals surface area contributed by atoms with Gasteiger partial charge in [0.2, 0.25) is 0 Å². The standard InChI is InChI=1S/C14H19F4NO/c1-4-19-12(7-20-8-14(16,17)18)11-5-9(2)13(15)10(3)6-11/h5-6,12,19H,4,7-8H2,1-3H3. The summed E-state index contributed by atoms with van der Waals surface area (Å²) in [4.78, 5) is 0. The molecular formula is C14H19F4NO. The molecule has 0 fully saturated rings. The summed E-state index contributed by atoms with van der Waals surface area (Å²) < 4.78 is 54.5. The topological polar surface area (TPSA) is 21.3 Å². The summed E-state index contributed by atoms with van der Waals surface area (Å²) in [5, 5.41) is 3.04. The van der Waals surface area contributed by atoms with Crippen LogP contribution in [0.2, 0.25) is 0 Å². The van der Waals surface area contributed by atoms with Gasteiger partial charge in [-0.05, 0) is 37.1 Å². The van der Waals surface area contributed by atoms with Gasteiger partial charge in [0.1, 0.15) is 12.4 Å². The summed E-state index contributed by atoms with van der Waals surface area (Å²) in [6.45, 7) is 4.29. The zero-order valence-electron chi connectivity index (χ0n) is 11.8. The van der Waals surface area contributed by atoms with Crippen molar-refractivity contribution in [2.75, 3.05) is 19.8 Å². The zero-order chi connectivity index (χ0) is 15.3. The van der Waals surface area contributed by atoms with Gasteiger partial charge in [-0.25, -0.2) is 4.39 Å². The average molecular weight is 293 g/mol. The van der Waals surface area contributed by atoms with Gasteiger partial charge in [0.05, 0.1) is 12.6 Å². The molecule has 1 N–H and O–H groups in total. The molecule has 0 aliphatic rings. The first-order valence-corrected chi connectivity index (χ1v) is 6.39.